The van der Waals surface area contributed by atoms with Gasteiger partial charge in [-0.15, -0.1) is 0 Å². The number of benzene rings is 1. The zero-order valence-electron chi connectivity index (χ0n) is 16.3. The first-order valence-corrected chi connectivity index (χ1v) is 8.74. The lowest BCUT2D eigenvalue weighted by atomic mass is 10.2. The summed E-state index contributed by atoms with van der Waals surface area (Å²) in [6, 6.07) is 6.39. The molecule has 0 radical (unpaired) electrons. The lowest BCUT2D eigenvalue weighted by Gasteiger charge is -2.12. The first kappa shape index (κ1) is 20.2. The average molecular weight is 367 g/mol. The summed E-state index contributed by atoms with van der Waals surface area (Å²) in [7, 11) is 3.60. The van der Waals surface area contributed by atoms with Crippen LogP contribution in [0, 0.1) is 5.82 Å². The molecule has 0 saturated heterocycles. The van der Waals surface area contributed by atoms with Crippen molar-refractivity contribution < 1.29 is 4.39 Å². The van der Waals surface area contributed by atoms with E-state index >= 15 is 0 Å². The van der Waals surface area contributed by atoms with Crippen LogP contribution in [0.2, 0.25) is 0 Å². The largest absolute Gasteiger partial charge is 0.387 e. The van der Waals surface area contributed by atoms with Gasteiger partial charge in [-0.25, -0.2) is 9.37 Å². The Morgan fingerprint density at radius 3 is 2.78 bits per heavy atom. The molecule has 0 amide bonds. The molecule has 0 fully saturated rings. The zero-order chi connectivity index (χ0) is 19.8. The number of anilines is 1. The SMILES string of the molecule is C=C(NC)c1c(NC)nc(-c2cccc(F)c2)n1CC=N/C=C(C)\C=C/C. The minimum atomic E-state index is -0.305. The molecule has 142 valence electrons. The summed E-state index contributed by atoms with van der Waals surface area (Å²) in [4.78, 5) is 9.02. The standard InChI is InChI=1S/C21H26FN5/c1-6-8-15(2)14-25-11-12-27-19(16(3)23-4)20(24-5)26-21(27)17-9-7-10-18(22)13-17/h6-11,13-14,23-24H,3,12H2,1-2,4-5H3/b8-6-,15-14-,25-11?. The lowest BCUT2D eigenvalue weighted by molar-refractivity contribution is 0.628. The Morgan fingerprint density at radius 1 is 1.37 bits per heavy atom. The lowest BCUT2D eigenvalue weighted by Crippen LogP contribution is -2.12. The van der Waals surface area contributed by atoms with E-state index in [-0.39, 0.29) is 5.82 Å². The second-order valence-electron chi connectivity index (χ2n) is 5.94. The summed E-state index contributed by atoms with van der Waals surface area (Å²) < 4.78 is 15.7. The van der Waals surface area contributed by atoms with Gasteiger partial charge in [0.1, 0.15) is 17.3 Å². The number of aliphatic imine (C=N–C) groups is 1. The van der Waals surface area contributed by atoms with Crippen molar-refractivity contribution in [2.45, 2.75) is 20.4 Å². The first-order chi connectivity index (χ1) is 13.0. The van der Waals surface area contributed by atoms with E-state index in [1.807, 2.05) is 36.6 Å². The van der Waals surface area contributed by atoms with Crippen LogP contribution >= 0.6 is 0 Å². The second-order valence-corrected chi connectivity index (χ2v) is 5.94. The molecule has 0 aliphatic heterocycles. The number of nitrogens with one attached hydrogen (secondary N) is 2. The molecule has 0 unspecified atom stereocenters. The molecular weight excluding hydrogens is 341 g/mol. The Bertz CT molecular complexity index is 890. The fourth-order valence-corrected chi connectivity index (χ4v) is 2.68. The Kier molecular flexibility index (Phi) is 7.11. The van der Waals surface area contributed by atoms with Crippen LogP contribution in [0.15, 0.2) is 59.8 Å². The summed E-state index contributed by atoms with van der Waals surface area (Å²) in [5.74, 6) is 1.01. The van der Waals surface area contributed by atoms with Crippen LogP contribution in [0.25, 0.3) is 17.1 Å². The quantitative estimate of drug-likeness (QED) is 0.535. The van der Waals surface area contributed by atoms with Gasteiger partial charge in [-0.05, 0) is 31.6 Å². The number of halogens is 1. The molecule has 2 N–H and O–H groups in total. The number of hydrogen-bond acceptors (Lipinski definition) is 4. The Hall–Kier alpha value is -3.15. The van der Waals surface area contributed by atoms with Crippen molar-refractivity contribution in [3.8, 4) is 11.4 Å². The van der Waals surface area contributed by atoms with Crippen LogP contribution in [0.5, 0.6) is 0 Å². The molecular formula is C21H26FN5. The highest BCUT2D eigenvalue weighted by molar-refractivity contribution is 5.75. The third-order valence-electron chi connectivity index (χ3n) is 3.95. The maximum atomic E-state index is 13.7. The minimum Gasteiger partial charge on any atom is -0.387 e. The predicted molar refractivity (Wildman–Crippen MR) is 112 cm³/mol. The topological polar surface area (TPSA) is 54.2 Å². The third-order valence-corrected chi connectivity index (χ3v) is 3.95. The van der Waals surface area contributed by atoms with Gasteiger partial charge >= 0.3 is 0 Å². The van der Waals surface area contributed by atoms with Crippen molar-refractivity contribution in [1.29, 1.82) is 0 Å². The van der Waals surface area contributed by atoms with Gasteiger partial charge in [0.05, 0.1) is 12.2 Å². The maximum Gasteiger partial charge on any atom is 0.154 e. The van der Waals surface area contributed by atoms with Gasteiger partial charge in [-0.1, -0.05) is 30.9 Å². The van der Waals surface area contributed by atoms with E-state index in [1.165, 1.54) is 12.1 Å². The van der Waals surface area contributed by atoms with Crippen molar-refractivity contribution in [2.75, 3.05) is 19.4 Å². The van der Waals surface area contributed by atoms with Crippen LogP contribution in [0.3, 0.4) is 0 Å². The number of hydrogen-bond donors (Lipinski definition) is 2. The minimum absolute atomic E-state index is 0.305. The summed E-state index contributed by atoms with van der Waals surface area (Å²) >= 11 is 0. The molecule has 0 bridgehead atoms. The summed E-state index contributed by atoms with van der Waals surface area (Å²) in [6.45, 7) is 8.49. The van der Waals surface area contributed by atoms with Gasteiger partial charge in [-0.2, -0.15) is 0 Å². The van der Waals surface area contributed by atoms with Gasteiger partial charge in [0.15, 0.2) is 5.82 Å². The number of allylic oxidation sites excluding steroid dienone is 3. The summed E-state index contributed by atoms with van der Waals surface area (Å²) in [6.07, 6.45) is 7.54. The van der Waals surface area contributed by atoms with Gasteiger partial charge in [0, 0.05) is 32.1 Å². The van der Waals surface area contributed by atoms with Crippen LogP contribution in [-0.4, -0.2) is 29.9 Å². The molecule has 0 aliphatic carbocycles. The molecule has 0 spiro atoms. The number of nitrogens with zero attached hydrogens (tertiary/aromatic N) is 3. The maximum absolute atomic E-state index is 13.7. The van der Waals surface area contributed by atoms with Crippen molar-refractivity contribution in [2.24, 2.45) is 4.99 Å². The third kappa shape index (κ3) is 4.94. The van der Waals surface area contributed by atoms with E-state index in [4.69, 9.17) is 0 Å². The monoisotopic (exact) mass is 367 g/mol. The van der Waals surface area contributed by atoms with E-state index in [1.54, 1.807) is 32.6 Å². The zero-order valence-corrected chi connectivity index (χ0v) is 16.3. The predicted octanol–water partition coefficient (Wildman–Crippen LogP) is 4.47. The normalized spacial score (nSPS) is 12.1. The highest BCUT2D eigenvalue weighted by Gasteiger charge is 2.19. The molecule has 2 rings (SSSR count). The highest BCUT2D eigenvalue weighted by Crippen LogP contribution is 2.29. The van der Waals surface area contributed by atoms with Gasteiger partial charge < -0.3 is 15.2 Å². The van der Waals surface area contributed by atoms with Crippen molar-refractivity contribution in [3.63, 3.8) is 0 Å². The molecule has 1 heterocycles. The van der Waals surface area contributed by atoms with Crippen molar-refractivity contribution >= 4 is 17.7 Å². The van der Waals surface area contributed by atoms with Crippen LogP contribution < -0.4 is 10.6 Å². The Labute approximate surface area is 160 Å². The van der Waals surface area contributed by atoms with E-state index in [2.05, 4.69) is 27.2 Å². The smallest absolute Gasteiger partial charge is 0.154 e. The average Bonchev–Trinajstić information content (AvgIpc) is 3.03. The van der Waals surface area contributed by atoms with Crippen LogP contribution in [0.4, 0.5) is 10.2 Å². The first-order valence-electron chi connectivity index (χ1n) is 8.74. The van der Waals surface area contributed by atoms with E-state index in [0.717, 1.165) is 11.3 Å². The Morgan fingerprint density at radius 2 is 2.15 bits per heavy atom. The molecule has 0 atom stereocenters. The number of imidazole rings is 1. The molecule has 5 nitrogen and oxygen atoms in total. The fourth-order valence-electron chi connectivity index (χ4n) is 2.68. The Balaban J connectivity index is 2.51. The number of rotatable bonds is 8. The van der Waals surface area contributed by atoms with E-state index in [0.29, 0.717) is 29.4 Å². The van der Waals surface area contributed by atoms with E-state index < -0.39 is 0 Å². The van der Waals surface area contributed by atoms with Crippen LogP contribution in [0.1, 0.15) is 19.5 Å². The van der Waals surface area contributed by atoms with Crippen molar-refractivity contribution in [1.82, 2.24) is 14.9 Å². The summed E-state index contributed by atoms with van der Waals surface area (Å²) in [5, 5.41) is 6.15. The van der Waals surface area contributed by atoms with Gasteiger partial charge in [0.2, 0.25) is 0 Å². The highest BCUT2D eigenvalue weighted by atomic mass is 19.1. The second kappa shape index (κ2) is 9.52. The molecule has 1 aromatic carbocycles. The number of aromatic nitrogens is 2. The summed E-state index contributed by atoms with van der Waals surface area (Å²) in [5.41, 5.74) is 3.26. The fraction of sp³-hybridized carbons (Fsp3) is 0.238. The van der Waals surface area contributed by atoms with Gasteiger partial charge in [0.25, 0.3) is 0 Å². The molecule has 0 aliphatic rings. The van der Waals surface area contributed by atoms with Crippen LogP contribution in [-0.2, 0) is 6.54 Å². The molecule has 27 heavy (non-hydrogen) atoms. The molecule has 2 aromatic rings. The molecule has 6 heteroatoms. The molecule has 1 aromatic heterocycles. The van der Waals surface area contributed by atoms with Crippen molar-refractivity contribution in [3.05, 3.63) is 66.3 Å². The van der Waals surface area contributed by atoms with Gasteiger partial charge in [-0.3, -0.25) is 4.99 Å². The van der Waals surface area contributed by atoms with E-state index in [9.17, 15) is 4.39 Å². The molecule has 0 saturated carbocycles.